The van der Waals surface area contributed by atoms with E-state index in [1.54, 1.807) is 13.0 Å². The van der Waals surface area contributed by atoms with Crippen LogP contribution >= 0.6 is 23.5 Å². The molecule has 5 amide bonds. The third-order valence-electron chi connectivity index (χ3n) is 13.2. The van der Waals surface area contributed by atoms with Crippen LogP contribution in [0.4, 0.5) is 11.4 Å². The van der Waals surface area contributed by atoms with Gasteiger partial charge < -0.3 is 56.2 Å². The Morgan fingerprint density at radius 2 is 1.18 bits per heavy atom. The number of aliphatic hydroxyl groups excluding tert-OH is 2. The topological polar surface area (TPSA) is 284 Å². The van der Waals surface area contributed by atoms with E-state index < -0.39 is 113 Å². The van der Waals surface area contributed by atoms with Crippen molar-refractivity contribution in [3.8, 4) is 0 Å². The number of benzene rings is 2. The normalized spacial score (nSPS) is 30.1. The fourth-order valence-electron chi connectivity index (χ4n) is 10.1. The van der Waals surface area contributed by atoms with Gasteiger partial charge in [-0.1, -0.05) is 26.0 Å². The first-order valence-electron chi connectivity index (χ1n) is 21.2. The average Bonchev–Trinajstić information content (AvgIpc) is 4.00. The second-order valence-electron chi connectivity index (χ2n) is 17.4. The highest BCUT2D eigenvalue weighted by atomic mass is 32.2. The van der Waals surface area contributed by atoms with E-state index in [0.29, 0.717) is 28.5 Å². The highest BCUT2D eigenvalue weighted by Crippen LogP contribution is 2.55. The molecule has 8 rings (SSSR count). The Kier molecular flexibility index (Phi) is 12.4. The Morgan fingerprint density at radius 1 is 0.692 bits per heavy atom. The Balaban J connectivity index is 1.10. The molecule has 65 heavy (non-hydrogen) atoms. The summed E-state index contributed by atoms with van der Waals surface area (Å²) in [5.74, 6) is -9.02. The van der Waals surface area contributed by atoms with E-state index in [-0.39, 0.29) is 46.4 Å². The number of carbonyl (C=O) groups is 8. The van der Waals surface area contributed by atoms with Gasteiger partial charge in [-0.2, -0.15) is 0 Å². The number of nitrogens with zero attached hydrogens (tertiary/aromatic N) is 3. The van der Waals surface area contributed by atoms with E-state index in [0.717, 1.165) is 11.8 Å². The largest absolute Gasteiger partial charge is 0.478 e. The number of carboxylic acids is 3. The number of aliphatic carboxylic acids is 1. The van der Waals surface area contributed by atoms with Crippen molar-refractivity contribution in [2.24, 2.45) is 23.7 Å². The summed E-state index contributed by atoms with van der Waals surface area (Å²) in [5, 5.41) is 58.2. The number of carbonyl (C=O) groups excluding carboxylic acids is 5. The van der Waals surface area contributed by atoms with Gasteiger partial charge in [-0.25, -0.2) is 14.4 Å². The number of rotatable bonds is 14. The minimum Gasteiger partial charge on any atom is -0.478 e. The number of likely N-dealkylation sites (tertiary alicyclic amines) is 1. The van der Waals surface area contributed by atoms with Crippen LogP contribution in [-0.2, 0) is 28.8 Å². The molecule has 0 bridgehead atoms. The van der Waals surface area contributed by atoms with E-state index in [1.165, 1.54) is 82.8 Å². The van der Waals surface area contributed by atoms with Crippen molar-refractivity contribution in [3.63, 3.8) is 0 Å². The van der Waals surface area contributed by atoms with Crippen LogP contribution in [0.25, 0.3) is 0 Å². The molecule has 0 radical (unpaired) electrons. The third-order valence-corrected chi connectivity index (χ3v) is 16.2. The monoisotopic (exact) mass is 932 g/mol. The highest BCUT2D eigenvalue weighted by molar-refractivity contribution is 8.04. The summed E-state index contributed by atoms with van der Waals surface area (Å²) in [6, 6.07) is 8.31. The van der Waals surface area contributed by atoms with Gasteiger partial charge in [0.1, 0.15) is 17.4 Å². The lowest BCUT2D eigenvalue weighted by Crippen LogP contribution is -2.64. The van der Waals surface area contributed by atoms with Gasteiger partial charge in [0.15, 0.2) is 0 Å². The molecule has 0 aliphatic carbocycles. The number of carboxylic acid groups (broad SMARTS) is 3. The summed E-state index contributed by atoms with van der Waals surface area (Å²) in [6.45, 7) is 6.81. The molecule has 0 aromatic heterocycles. The second-order valence-corrected chi connectivity index (χ2v) is 20.1. The summed E-state index contributed by atoms with van der Waals surface area (Å²) in [5.41, 5.74) is 0.163. The summed E-state index contributed by atoms with van der Waals surface area (Å²) in [6.07, 6.45) is -1.78. The van der Waals surface area contributed by atoms with Gasteiger partial charge in [-0.15, -0.1) is 23.5 Å². The van der Waals surface area contributed by atoms with E-state index >= 15 is 4.79 Å². The number of thioether (sulfide) groups is 2. The number of nitrogens with one attached hydrogen (secondary N) is 3. The maximum atomic E-state index is 15.3. The first-order valence-corrected chi connectivity index (χ1v) is 22.9. The molecular weight excluding hydrogens is 885 g/mol. The van der Waals surface area contributed by atoms with Crippen LogP contribution in [0.15, 0.2) is 69.7 Å². The van der Waals surface area contributed by atoms with Crippen molar-refractivity contribution in [1.29, 1.82) is 0 Å². The highest BCUT2D eigenvalue weighted by Gasteiger charge is 2.63. The molecule has 6 aliphatic rings. The zero-order valence-electron chi connectivity index (χ0n) is 35.5. The van der Waals surface area contributed by atoms with E-state index in [2.05, 4.69) is 16.0 Å². The van der Waals surface area contributed by atoms with Crippen LogP contribution < -0.4 is 16.0 Å². The summed E-state index contributed by atoms with van der Waals surface area (Å²) < 4.78 is 0. The van der Waals surface area contributed by atoms with Gasteiger partial charge in [-0.3, -0.25) is 24.0 Å². The maximum absolute atomic E-state index is 15.3. The number of hydrogen-bond donors (Lipinski definition) is 8. The van der Waals surface area contributed by atoms with Crippen LogP contribution in [0.5, 0.6) is 0 Å². The van der Waals surface area contributed by atoms with Crippen molar-refractivity contribution in [3.05, 3.63) is 80.9 Å². The molecule has 344 valence electrons. The molecule has 12 atom stereocenters. The molecule has 2 aromatic rings. The Morgan fingerprint density at radius 3 is 1.69 bits per heavy atom. The number of hydrogen-bond acceptors (Lipinski definition) is 13. The van der Waals surface area contributed by atoms with Gasteiger partial charge in [0, 0.05) is 56.6 Å². The van der Waals surface area contributed by atoms with E-state index in [1.807, 2.05) is 6.92 Å². The zero-order valence-corrected chi connectivity index (χ0v) is 37.2. The van der Waals surface area contributed by atoms with Gasteiger partial charge in [0.2, 0.25) is 23.6 Å². The summed E-state index contributed by atoms with van der Waals surface area (Å²) in [4.78, 5) is 111. The Hall–Kier alpha value is -5.74. The molecule has 4 saturated heterocycles. The average molecular weight is 933 g/mol. The van der Waals surface area contributed by atoms with Crippen molar-refractivity contribution >= 4 is 82.3 Å². The first kappa shape index (κ1) is 45.8. The molecule has 21 heteroatoms. The SMILES string of the molecule is C[C@@H](O)[C@H]1C(=O)N2C(C(=O)O)=C(S[C@H]3C[C@H](C(=O)Nc4cccc(C(=O)O)c4)N(C(=O)C4=C(S[C@@H]5CN[C@@H](C(=O)Nc6cccc(C(=O)O)c6)C5)[C@H](C)[C@@H]5[C@@H]([C@@H](C)O)C(=O)N45)C3)[C@H](C)[C@H]12. The Labute approximate surface area is 380 Å². The fourth-order valence-corrected chi connectivity index (χ4v) is 13.1. The van der Waals surface area contributed by atoms with Crippen LogP contribution in [-0.4, -0.2) is 148 Å². The molecule has 0 spiro atoms. The summed E-state index contributed by atoms with van der Waals surface area (Å²) >= 11 is 2.45. The quantitative estimate of drug-likeness (QED) is 0.126. The molecule has 6 aliphatic heterocycles. The third kappa shape index (κ3) is 8.06. The van der Waals surface area contributed by atoms with Crippen molar-refractivity contribution in [2.75, 3.05) is 23.7 Å². The lowest BCUT2D eigenvalue weighted by atomic mass is 9.79. The number of aromatic carboxylic acids is 2. The molecule has 19 nitrogen and oxygen atoms in total. The summed E-state index contributed by atoms with van der Waals surface area (Å²) in [7, 11) is 0. The number of fused-ring (bicyclic) bond motifs is 2. The minimum atomic E-state index is -1.34. The molecule has 2 aromatic carbocycles. The molecular formula is C44H48N6O13S2. The predicted octanol–water partition coefficient (Wildman–Crippen LogP) is 2.05. The molecule has 6 heterocycles. The molecule has 8 N–H and O–H groups in total. The number of aliphatic hydroxyl groups is 2. The van der Waals surface area contributed by atoms with Crippen LogP contribution in [0.2, 0.25) is 0 Å². The number of anilines is 2. The van der Waals surface area contributed by atoms with E-state index in [4.69, 9.17) is 0 Å². The molecule has 0 unspecified atom stereocenters. The van der Waals surface area contributed by atoms with Gasteiger partial charge in [0.25, 0.3) is 5.91 Å². The molecule has 4 fully saturated rings. The van der Waals surface area contributed by atoms with Gasteiger partial charge in [-0.05, 0) is 63.1 Å². The number of amides is 5. The van der Waals surface area contributed by atoms with Gasteiger partial charge in [0.05, 0.1) is 53.3 Å². The fraction of sp³-hybridized carbons (Fsp3) is 0.455. The van der Waals surface area contributed by atoms with E-state index in [9.17, 15) is 59.1 Å². The van der Waals surface area contributed by atoms with Crippen LogP contribution in [0, 0.1) is 23.7 Å². The standard InChI is InChI=1S/C44H48N6O13S2/c1-17-31-29(19(3)51)39(55)49(31)33(35(17)64-25-13-27(45-15-25)37(53)46-23-9-5-7-21(11-23)42(58)59)41(57)48-16-26(14-28(48)38(54)47-24-10-6-8-22(12-24)43(60)61)65-36-18(2)32-30(20(4)52)40(56)50(32)34(36)44(62)63/h5-12,17-20,25-32,45,51-52H,13-16H2,1-4H3,(H,46,53)(H,47,54)(H,58,59)(H,60,61)(H,62,63)/t17-,18-,19-,20-,25+,26+,27-,28-,29-,30-,31-,32-/m1/s1. The predicted molar refractivity (Wildman–Crippen MR) is 235 cm³/mol. The van der Waals surface area contributed by atoms with Crippen molar-refractivity contribution in [2.45, 2.75) is 87.4 Å². The number of β-lactam (4-membered cyclic amide) rings is 2. The van der Waals surface area contributed by atoms with Crippen molar-refractivity contribution < 1.29 is 63.9 Å². The first-order chi connectivity index (χ1) is 30.8. The smallest absolute Gasteiger partial charge is 0.353 e. The van der Waals surface area contributed by atoms with Crippen molar-refractivity contribution in [1.82, 2.24) is 20.0 Å². The second kappa shape index (κ2) is 17.6. The lowest BCUT2D eigenvalue weighted by Gasteiger charge is -2.47. The Bertz CT molecular complexity index is 2480. The van der Waals surface area contributed by atoms with Crippen LogP contribution in [0.3, 0.4) is 0 Å². The van der Waals surface area contributed by atoms with Gasteiger partial charge >= 0.3 is 17.9 Å². The zero-order chi connectivity index (χ0) is 46.9. The lowest BCUT2D eigenvalue weighted by molar-refractivity contribution is -0.163. The van der Waals surface area contributed by atoms with Crippen LogP contribution in [0.1, 0.15) is 61.3 Å². The minimum absolute atomic E-state index is 0.000117. The molecule has 0 saturated carbocycles. The maximum Gasteiger partial charge on any atom is 0.353 e.